The van der Waals surface area contributed by atoms with Crippen molar-refractivity contribution in [2.45, 2.75) is 44.1 Å². The lowest BCUT2D eigenvalue weighted by molar-refractivity contribution is -0.0284. The van der Waals surface area contributed by atoms with Gasteiger partial charge in [-0.3, -0.25) is 0 Å². The minimum Gasteiger partial charge on any atom is -0.385 e. The Bertz CT molecular complexity index is 498. The number of aliphatic hydroxyl groups is 1. The van der Waals surface area contributed by atoms with Crippen LogP contribution in [-0.4, -0.2) is 5.11 Å². The summed E-state index contributed by atoms with van der Waals surface area (Å²) >= 11 is 0. The van der Waals surface area contributed by atoms with Crippen LogP contribution in [-0.2, 0) is 5.60 Å². The molecule has 0 aliphatic heterocycles. The lowest BCUT2D eigenvalue weighted by atomic mass is 9.72. The van der Waals surface area contributed by atoms with Crippen LogP contribution in [0.15, 0.2) is 12.1 Å². The zero-order chi connectivity index (χ0) is 13.6. The number of hydrogen-bond acceptors (Lipinski definition) is 1. The molecule has 0 amide bonds. The normalized spacial score (nSPS) is 31.5. The Labute approximate surface area is 110 Å². The molecule has 2 atom stereocenters. The molecule has 0 radical (unpaired) electrons. The third-order valence-corrected chi connectivity index (χ3v) is 4.59. The van der Waals surface area contributed by atoms with Crippen molar-refractivity contribution in [3.05, 3.63) is 35.1 Å². The fourth-order valence-electron chi connectivity index (χ4n) is 3.39. The molecular weight excluding hydrogens is 253 g/mol. The van der Waals surface area contributed by atoms with Gasteiger partial charge < -0.3 is 5.11 Å². The lowest BCUT2D eigenvalue weighted by Crippen LogP contribution is -2.34. The smallest absolute Gasteiger partial charge is 0.194 e. The average Bonchev–Trinajstić information content (AvgIpc) is 3.20. The van der Waals surface area contributed by atoms with Crippen molar-refractivity contribution in [1.82, 2.24) is 0 Å². The van der Waals surface area contributed by atoms with E-state index in [1.807, 2.05) is 0 Å². The van der Waals surface area contributed by atoms with E-state index in [1.54, 1.807) is 0 Å². The van der Waals surface area contributed by atoms with Crippen LogP contribution in [0.5, 0.6) is 0 Å². The third kappa shape index (κ3) is 2.27. The highest BCUT2D eigenvalue weighted by atomic mass is 19.2. The van der Waals surface area contributed by atoms with E-state index in [2.05, 4.69) is 0 Å². The van der Waals surface area contributed by atoms with Crippen LogP contribution >= 0.6 is 0 Å². The van der Waals surface area contributed by atoms with Gasteiger partial charge in [0.15, 0.2) is 17.5 Å². The monoisotopic (exact) mass is 270 g/mol. The summed E-state index contributed by atoms with van der Waals surface area (Å²) in [6.45, 7) is 0. The second-order valence-electron chi connectivity index (χ2n) is 5.95. The summed E-state index contributed by atoms with van der Waals surface area (Å²) in [6, 6.07) is 2.08. The van der Waals surface area contributed by atoms with Crippen LogP contribution < -0.4 is 0 Å². The molecule has 1 aromatic carbocycles. The molecule has 104 valence electrons. The van der Waals surface area contributed by atoms with Crippen LogP contribution in [0.25, 0.3) is 0 Å². The maximum atomic E-state index is 13.9. The van der Waals surface area contributed by atoms with Gasteiger partial charge in [0.1, 0.15) is 0 Å². The maximum Gasteiger partial charge on any atom is 0.194 e. The minimum atomic E-state index is -1.49. The number of halogens is 3. The van der Waals surface area contributed by atoms with Gasteiger partial charge in [0.25, 0.3) is 0 Å². The van der Waals surface area contributed by atoms with Gasteiger partial charge in [-0.15, -0.1) is 0 Å². The fourth-order valence-corrected chi connectivity index (χ4v) is 3.39. The summed E-state index contributed by atoms with van der Waals surface area (Å²) in [7, 11) is 0. The van der Waals surface area contributed by atoms with E-state index in [1.165, 1.54) is 18.9 Å². The number of rotatable bonds is 2. The number of benzene rings is 1. The van der Waals surface area contributed by atoms with E-state index in [4.69, 9.17) is 0 Å². The molecule has 0 spiro atoms. The summed E-state index contributed by atoms with van der Waals surface area (Å²) < 4.78 is 40.2. The van der Waals surface area contributed by atoms with Gasteiger partial charge >= 0.3 is 0 Å². The Morgan fingerprint density at radius 1 is 1.00 bits per heavy atom. The average molecular weight is 270 g/mol. The predicted molar refractivity (Wildman–Crippen MR) is 64.9 cm³/mol. The molecule has 1 N–H and O–H groups in total. The molecule has 1 aromatic rings. The zero-order valence-corrected chi connectivity index (χ0v) is 10.6. The molecule has 0 aromatic heterocycles. The van der Waals surface area contributed by atoms with Gasteiger partial charge in [-0.2, -0.15) is 0 Å². The molecule has 19 heavy (non-hydrogen) atoms. The van der Waals surface area contributed by atoms with E-state index in [0.717, 1.165) is 18.9 Å². The summed E-state index contributed by atoms with van der Waals surface area (Å²) in [5.74, 6) is -2.93. The van der Waals surface area contributed by atoms with Gasteiger partial charge in [-0.25, -0.2) is 13.2 Å². The highest BCUT2D eigenvalue weighted by Crippen LogP contribution is 2.49. The maximum absolute atomic E-state index is 13.9. The van der Waals surface area contributed by atoms with E-state index >= 15 is 0 Å². The Hall–Kier alpha value is -1.03. The molecule has 0 bridgehead atoms. The quantitative estimate of drug-likeness (QED) is 0.808. The molecule has 4 heteroatoms. The van der Waals surface area contributed by atoms with Gasteiger partial charge in [-0.1, -0.05) is 6.07 Å². The molecule has 2 aliphatic rings. The first kappa shape index (κ1) is 13.0. The highest BCUT2D eigenvalue weighted by molar-refractivity contribution is 5.27. The minimum absolute atomic E-state index is 0.0863. The Morgan fingerprint density at radius 3 is 2.42 bits per heavy atom. The topological polar surface area (TPSA) is 20.2 Å². The highest BCUT2D eigenvalue weighted by Gasteiger charge is 2.43. The van der Waals surface area contributed by atoms with Gasteiger partial charge in [0, 0.05) is 5.56 Å². The molecule has 3 rings (SSSR count). The lowest BCUT2D eigenvalue weighted by Gasteiger charge is -2.37. The number of hydrogen-bond donors (Lipinski definition) is 1. The van der Waals surface area contributed by atoms with Gasteiger partial charge in [0.05, 0.1) is 5.60 Å². The summed E-state index contributed by atoms with van der Waals surface area (Å²) in [5.41, 5.74) is -1.43. The van der Waals surface area contributed by atoms with Crippen molar-refractivity contribution >= 4 is 0 Å². The van der Waals surface area contributed by atoms with E-state index in [9.17, 15) is 18.3 Å². The van der Waals surface area contributed by atoms with E-state index < -0.39 is 23.1 Å². The van der Waals surface area contributed by atoms with Crippen LogP contribution in [0.2, 0.25) is 0 Å². The Balaban J connectivity index is 1.93. The standard InChI is InChI=1S/C15H17F3O/c16-12-6-5-11(13(17)14(12)18)15(19)7-1-2-10(8-15)9-3-4-9/h5-6,9-10,19H,1-4,7-8H2. The second kappa shape index (κ2) is 4.51. The first-order valence-electron chi connectivity index (χ1n) is 6.87. The van der Waals surface area contributed by atoms with Gasteiger partial charge in [0.2, 0.25) is 0 Å². The SMILES string of the molecule is OC1(c2ccc(F)c(F)c2F)CCCC(C2CC2)C1. The largest absolute Gasteiger partial charge is 0.385 e. The van der Waals surface area contributed by atoms with Crippen molar-refractivity contribution < 1.29 is 18.3 Å². The van der Waals surface area contributed by atoms with Crippen molar-refractivity contribution in [2.24, 2.45) is 11.8 Å². The first-order chi connectivity index (χ1) is 9.01. The van der Waals surface area contributed by atoms with Crippen molar-refractivity contribution in [1.29, 1.82) is 0 Å². The molecule has 0 heterocycles. The van der Waals surface area contributed by atoms with E-state index in [0.29, 0.717) is 24.7 Å². The van der Waals surface area contributed by atoms with Crippen LogP contribution in [0.3, 0.4) is 0 Å². The Kier molecular flexibility index (Phi) is 3.08. The van der Waals surface area contributed by atoms with Crippen molar-refractivity contribution in [3.63, 3.8) is 0 Å². The first-order valence-corrected chi connectivity index (χ1v) is 6.87. The van der Waals surface area contributed by atoms with Gasteiger partial charge in [-0.05, 0) is 56.4 Å². The summed E-state index contributed by atoms with van der Waals surface area (Å²) in [6.07, 6.45) is 5.05. The molecular formula is C15H17F3O. The van der Waals surface area contributed by atoms with Crippen LogP contribution in [0.4, 0.5) is 13.2 Å². The second-order valence-corrected chi connectivity index (χ2v) is 5.95. The van der Waals surface area contributed by atoms with Crippen molar-refractivity contribution in [2.75, 3.05) is 0 Å². The molecule has 2 aliphatic carbocycles. The summed E-state index contributed by atoms with van der Waals surface area (Å²) in [4.78, 5) is 0. The molecule has 2 fully saturated rings. The molecule has 2 saturated carbocycles. The zero-order valence-electron chi connectivity index (χ0n) is 10.6. The van der Waals surface area contributed by atoms with Crippen molar-refractivity contribution in [3.8, 4) is 0 Å². The fraction of sp³-hybridized carbons (Fsp3) is 0.600. The Morgan fingerprint density at radius 2 is 1.74 bits per heavy atom. The third-order valence-electron chi connectivity index (χ3n) is 4.59. The molecule has 2 unspecified atom stereocenters. The van der Waals surface area contributed by atoms with Crippen LogP contribution in [0.1, 0.15) is 44.1 Å². The van der Waals surface area contributed by atoms with Crippen LogP contribution in [0, 0.1) is 29.3 Å². The summed E-state index contributed by atoms with van der Waals surface area (Å²) in [5, 5.41) is 10.7. The molecule has 0 saturated heterocycles. The molecule has 1 nitrogen and oxygen atoms in total. The van der Waals surface area contributed by atoms with E-state index in [-0.39, 0.29) is 5.56 Å². The predicted octanol–water partition coefficient (Wildman–Crippen LogP) is 3.89.